The van der Waals surface area contributed by atoms with Crippen LogP contribution in [0.5, 0.6) is 11.5 Å². The predicted molar refractivity (Wildman–Crippen MR) is 156 cm³/mol. The normalized spacial score (nSPS) is 11.5. The summed E-state index contributed by atoms with van der Waals surface area (Å²) in [5.41, 5.74) is 3.27. The number of nitrogens with zero attached hydrogens (tertiary/aromatic N) is 4. The first-order chi connectivity index (χ1) is 17.7. The summed E-state index contributed by atoms with van der Waals surface area (Å²) < 4.78 is 0. The molecule has 0 saturated carbocycles. The summed E-state index contributed by atoms with van der Waals surface area (Å²) in [6.07, 6.45) is 0. The van der Waals surface area contributed by atoms with Gasteiger partial charge in [0.05, 0.1) is 0 Å². The van der Waals surface area contributed by atoms with Gasteiger partial charge in [-0.15, -0.1) is 20.5 Å². The third-order valence-electron chi connectivity index (χ3n) is 4.93. The molecule has 0 atom stereocenters. The van der Waals surface area contributed by atoms with Crippen molar-refractivity contribution in [2.24, 2.45) is 20.5 Å². The minimum Gasteiger partial charge on any atom is -0.510 e. The smallest absolute Gasteiger partial charge is 0.510 e. The number of carbonyl (C=O) groups excluding carboxylic acids is 2. The van der Waals surface area contributed by atoms with Crippen molar-refractivity contribution in [3.05, 3.63) is 84.3 Å². The van der Waals surface area contributed by atoms with Gasteiger partial charge in [-0.25, -0.2) is 0 Å². The van der Waals surface area contributed by atoms with Crippen molar-refractivity contribution in [3.63, 3.8) is 0 Å². The number of benzene rings is 2. The van der Waals surface area contributed by atoms with Crippen molar-refractivity contribution in [3.8, 4) is 11.5 Å². The summed E-state index contributed by atoms with van der Waals surface area (Å²) in [7, 11) is 2.85. The number of carbonyl (C=O) groups is 2. The van der Waals surface area contributed by atoms with Gasteiger partial charge in [0.2, 0.25) is 0 Å². The minimum atomic E-state index is -0.549. The van der Waals surface area contributed by atoms with Gasteiger partial charge in [-0.2, -0.15) is 0 Å². The average molecular weight is 609 g/mol. The van der Waals surface area contributed by atoms with E-state index in [9.17, 15) is 30.0 Å². The SMILES string of the molecule is CNC(=O)/C(N=Nc1cc(C)cc(C)c1O)=C(\C)O.CNC(=O)/C(N=Nc1cc(C)cc(C)c1O)=C(\C)O.[CH3-].[CH3-].[Cr+2]. The maximum absolute atomic E-state index is 11.4. The Balaban J connectivity index is -0.000000656. The number of allylic oxidation sites excluding steroid dienone is 2. The number of phenols is 2. The van der Waals surface area contributed by atoms with Crippen LogP contribution in [0, 0.1) is 42.5 Å². The summed E-state index contributed by atoms with van der Waals surface area (Å²) in [5, 5.41) is 58.1. The molecule has 0 aliphatic carbocycles. The van der Waals surface area contributed by atoms with E-state index in [2.05, 4.69) is 31.1 Å². The van der Waals surface area contributed by atoms with Gasteiger partial charge in [0, 0.05) is 14.1 Å². The number of likely N-dealkylation sites (N-methyl/N-ethyl adjacent to an activating group) is 2. The van der Waals surface area contributed by atoms with Crippen LogP contribution < -0.4 is 10.6 Å². The molecule has 0 unspecified atom stereocenters. The van der Waals surface area contributed by atoms with Crippen LogP contribution in [0.25, 0.3) is 0 Å². The van der Waals surface area contributed by atoms with E-state index in [1.54, 1.807) is 38.1 Å². The van der Waals surface area contributed by atoms with Crippen molar-refractivity contribution in [2.45, 2.75) is 41.5 Å². The maximum Gasteiger partial charge on any atom is 2.00 e. The molecule has 13 heteroatoms. The van der Waals surface area contributed by atoms with Crippen LogP contribution in [0.15, 0.2) is 67.6 Å². The van der Waals surface area contributed by atoms with Crippen LogP contribution in [-0.2, 0) is 27.0 Å². The third kappa shape index (κ3) is 12.2. The number of amides is 2. The number of hydrogen-bond donors (Lipinski definition) is 6. The summed E-state index contributed by atoms with van der Waals surface area (Å²) in [6.45, 7) is 9.88. The molecule has 0 heterocycles. The first kappa shape index (κ1) is 41.3. The van der Waals surface area contributed by atoms with Gasteiger partial charge in [-0.3, -0.25) is 9.59 Å². The molecule has 0 radical (unpaired) electrons. The molecule has 0 aliphatic heterocycles. The molecule has 2 rings (SSSR count). The molecule has 12 nitrogen and oxygen atoms in total. The van der Waals surface area contributed by atoms with Crippen molar-refractivity contribution < 1.29 is 47.4 Å². The zero-order chi connectivity index (χ0) is 29.2. The number of rotatable bonds is 6. The zero-order valence-electron chi connectivity index (χ0n) is 25.1. The number of aryl methyl sites for hydroxylation is 4. The fourth-order valence-electron chi connectivity index (χ4n) is 3.04. The third-order valence-corrected chi connectivity index (χ3v) is 4.93. The van der Waals surface area contributed by atoms with Crippen LogP contribution in [0.2, 0.25) is 0 Å². The monoisotopic (exact) mass is 608 g/mol. The molecule has 0 fully saturated rings. The van der Waals surface area contributed by atoms with Gasteiger partial charge in [0.15, 0.2) is 11.4 Å². The fraction of sp³-hybridized carbons (Fsp3) is 0.286. The summed E-state index contributed by atoms with van der Waals surface area (Å²) in [6, 6.07) is 6.89. The van der Waals surface area contributed by atoms with E-state index < -0.39 is 11.8 Å². The Morgan fingerprint density at radius 2 is 0.951 bits per heavy atom. The van der Waals surface area contributed by atoms with Crippen molar-refractivity contribution >= 4 is 23.2 Å². The number of hydrogen-bond acceptors (Lipinski definition) is 10. The van der Waals surface area contributed by atoms with Crippen molar-refractivity contribution in [1.82, 2.24) is 10.6 Å². The van der Waals surface area contributed by atoms with E-state index in [0.29, 0.717) is 11.1 Å². The molecule has 0 spiro atoms. The molecule has 0 aromatic heterocycles. The molecular weight excluding hydrogens is 568 g/mol. The van der Waals surface area contributed by atoms with Gasteiger partial charge >= 0.3 is 17.4 Å². The van der Waals surface area contributed by atoms with Crippen LogP contribution >= 0.6 is 0 Å². The van der Waals surface area contributed by atoms with Crippen LogP contribution in [0.1, 0.15) is 36.1 Å². The number of aliphatic hydroxyl groups excluding tert-OH is 2. The summed E-state index contributed by atoms with van der Waals surface area (Å²) >= 11 is 0. The number of phenolic OH excluding ortho intramolecular Hbond substituents is 2. The molecular formula is C28H40CrN6O6. The second kappa shape index (κ2) is 19.0. The molecule has 2 aromatic carbocycles. The number of aromatic hydroxyl groups is 2. The molecule has 2 aromatic rings. The molecule has 0 saturated heterocycles. The van der Waals surface area contributed by atoms with E-state index in [-0.39, 0.29) is 78.0 Å². The zero-order valence-corrected chi connectivity index (χ0v) is 26.4. The number of azo groups is 2. The molecule has 2 amide bonds. The molecule has 0 bridgehead atoms. The Hall–Kier alpha value is -4.21. The summed E-state index contributed by atoms with van der Waals surface area (Å²) in [5.74, 6) is -1.58. The average Bonchev–Trinajstić information content (AvgIpc) is 2.84. The van der Waals surface area contributed by atoms with Crippen molar-refractivity contribution in [2.75, 3.05) is 14.1 Å². The minimum absolute atomic E-state index is 0. The second-order valence-electron chi connectivity index (χ2n) is 8.33. The first-order valence-corrected chi connectivity index (χ1v) is 11.4. The van der Waals surface area contributed by atoms with E-state index in [1.807, 2.05) is 13.8 Å². The van der Waals surface area contributed by atoms with Gasteiger partial charge in [-0.1, -0.05) is 12.1 Å². The topological polar surface area (TPSA) is 189 Å². The Morgan fingerprint density at radius 3 is 1.20 bits per heavy atom. The number of nitrogens with one attached hydrogen (secondary N) is 2. The van der Waals surface area contributed by atoms with E-state index in [4.69, 9.17) is 0 Å². The molecule has 224 valence electrons. The largest absolute Gasteiger partial charge is 2.00 e. The second-order valence-corrected chi connectivity index (χ2v) is 8.33. The molecule has 0 aliphatic rings. The van der Waals surface area contributed by atoms with Crippen LogP contribution in [0.4, 0.5) is 11.4 Å². The Labute approximate surface area is 252 Å². The van der Waals surface area contributed by atoms with Gasteiger partial charge in [0.25, 0.3) is 11.8 Å². The Bertz CT molecular complexity index is 1230. The Morgan fingerprint density at radius 1 is 0.659 bits per heavy atom. The van der Waals surface area contributed by atoms with Gasteiger partial charge in [-0.05, 0) is 75.9 Å². The van der Waals surface area contributed by atoms with Gasteiger partial charge in [0.1, 0.15) is 34.4 Å². The standard InChI is InChI=1S/2C13H17N3O3.2CH3.Cr/c2*1-7-5-8(2)12(18)10(6-7)15-16-11(9(3)17)13(19)14-4;;;/h2*5-6,17-18H,1-4H3,(H,14,19);2*1H3;/q;;2*-1;+2/b2*11-9-,16-15?;;;. The van der Waals surface area contributed by atoms with E-state index in [1.165, 1.54) is 27.9 Å². The fourth-order valence-corrected chi connectivity index (χ4v) is 3.04. The first-order valence-electron chi connectivity index (χ1n) is 11.4. The number of aliphatic hydroxyl groups is 2. The Kier molecular flexibility index (Phi) is 19.1. The van der Waals surface area contributed by atoms with E-state index >= 15 is 0 Å². The predicted octanol–water partition coefficient (Wildman–Crippen LogP) is 6.15. The van der Waals surface area contributed by atoms with Crippen LogP contribution in [-0.4, -0.2) is 46.3 Å². The quantitative estimate of drug-likeness (QED) is 0.0986. The van der Waals surface area contributed by atoms with Gasteiger partial charge < -0.3 is 45.9 Å². The molecule has 6 N–H and O–H groups in total. The van der Waals surface area contributed by atoms with E-state index in [0.717, 1.165) is 11.1 Å². The summed E-state index contributed by atoms with van der Waals surface area (Å²) in [4.78, 5) is 22.9. The van der Waals surface area contributed by atoms with Crippen LogP contribution in [0.3, 0.4) is 0 Å². The molecule has 41 heavy (non-hydrogen) atoms. The van der Waals surface area contributed by atoms with Crippen molar-refractivity contribution in [1.29, 1.82) is 0 Å². The maximum atomic E-state index is 11.4.